The number of ether oxygens (including phenoxy) is 1. The SMILES string of the molecule is COC(=O)/C=C/C=C(C)\C=C\C1=C(C)CCCC1(C)C. The summed E-state index contributed by atoms with van der Waals surface area (Å²) in [6, 6.07) is 0. The van der Waals surface area contributed by atoms with Gasteiger partial charge in [-0.3, -0.25) is 0 Å². The molecular formula is C18H26O2. The molecular weight excluding hydrogens is 248 g/mol. The van der Waals surface area contributed by atoms with Gasteiger partial charge in [-0.15, -0.1) is 0 Å². The van der Waals surface area contributed by atoms with E-state index in [0.29, 0.717) is 0 Å². The van der Waals surface area contributed by atoms with Gasteiger partial charge in [0.2, 0.25) is 0 Å². The normalized spacial score (nSPS) is 19.9. The van der Waals surface area contributed by atoms with Gasteiger partial charge >= 0.3 is 5.97 Å². The molecule has 0 bridgehead atoms. The number of hydrogen-bond donors (Lipinski definition) is 0. The lowest BCUT2D eigenvalue weighted by Gasteiger charge is -2.32. The fourth-order valence-electron chi connectivity index (χ4n) is 2.63. The molecule has 0 aliphatic heterocycles. The molecule has 0 aromatic heterocycles. The van der Waals surface area contributed by atoms with Gasteiger partial charge in [0.1, 0.15) is 0 Å². The summed E-state index contributed by atoms with van der Waals surface area (Å²) in [4.78, 5) is 11.0. The fraction of sp³-hybridized carbons (Fsp3) is 0.500. The maximum atomic E-state index is 11.0. The zero-order valence-corrected chi connectivity index (χ0v) is 13.3. The van der Waals surface area contributed by atoms with Gasteiger partial charge in [-0.2, -0.15) is 0 Å². The number of carbonyl (C=O) groups excluding carboxylic acids is 1. The largest absolute Gasteiger partial charge is 0.466 e. The molecule has 20 heavy (non-hydrogen) atoms. The highest BCUT2D eigenvalue weighted by molar-refractivity contribution is 5.82. The van der Waals surface area contributed by atoms with Crippen molar-refractivity contribution in [2.45, 2.75) is 47.0 Å². The number of rotatable bonds is 4. The maximum absolute atomic E-state index is 11.0. The topological polar surface area (TPSA) is 26.3 Å². The summed E-state index contributed by atoms with van der Waals surface area (Å²) in [5.74, 6) is -0.329. The van der Waals surface area contributed by atoms with Crippen molar-refractivity contribution in [3.05, 3.63) is 47.1 Å². The van der Waals surface area contributed by atoms with E-state index in [-0.39, 0.29) is 11.4 Å². The van der Waals surface area contributed by atoms with E-state index in [2.05, 4.69) is 37.7 Å². The summed E-state index contributed by atoms with van der Waals surface area (Å²) in [5, 5.41) is 0. The van der Waals surface area contributed by atoms with Crippen LogP contribution in [-0.4, -0.2) is 13.1 Å². The van der Waals surface area contributed by atoms with Gasteiger partial charge in [0.25, 0.3) is 0 Å². The fourth-order valence-corrected chi connectivity index (χ4v) is 2.63. The minimum atomic E-state index is -0.329. The van der Waals surface area contributed by atoms with Crippen molar-refractivity contribution in [2.24, 2.45) is 5.41 Å². The molecule has 2 nitrogen and oxygen atoms in total. The van der Waals surface area contributed by atoms with E-state index < -0.39 is 0 Å². The first-order valence-electron chi connectivity index (χ1n) is 7.18. The number of hydrogen-bond acceptors (Lipinski definition) is 2. The molecule has 0 aromatic carbocycles. The number of allylic oxidation sites excluding steroid dienone is 7. The van der Waals surface area contributed by atoms with E-state index in [4.69, 9.17) is 0 Å². The monoisotopic (exact) mass is 274 g/mol. The summed E-state index contributed by atoms with van der Waals surface area (Å²) < 4.78 is 4.55. The Morgan fingerprint density at radius 2 is 2.00 bits per heavy atom. The third kappa shape index (κ3) is 4.84. The quantitative estimate of drug-likeness (QED) is 0.420. The zero-order chi connectivity index (χ0) is 15.2. The van der Waals surface area contributed by atoms with E-state index in [9.17, 15) is 4.79 Å². The van der Waals surface area contributed by atoms with Crippen LogP contribution in [0.25, 0.3) is 0 Å². The van der Waals surface area contributed by atoms with Gasteiger partial charge in [-0.25, -0.2) is 4.79 Å². The highest BCUT2D eigenvalue weighted by Crippen LogP contribution is 2.40. The van der Waals surface area contributed by atoms with Crippen LogP contribution in [0.5, 0.6) is 0 Å². The van der Waals surface area contributed by atoms with E-state index >= 15 is 0 Å². The van der Waals surface area contributed by atoms with Crippen LogP contribution >= 0.6 is 0 Å². The lowest BCUT2D eigenvalue weighted by Crippen LogP contribution is -2.19. The van der Waals surface area contributed by atoms with Gasteiger partial charge in [0, 0.05) is 6.08 Å². The third-order valence-corrected chi connectivity index (χ3v) is 3.85. The first-order valence-corrected chi connectivity index (χ1v) is 7.18. The van der Waals surface area contributed by atoms with Crippen molar-refractivity contribution in [3.8, 4) is 0 Å². The van der Waals surface area contributed by atoms with E-state index in [1.807, 2.05) is 13.0 Å². The Kier molecular flexibility index (Phi) is 6.00. The van der Waals surface area contributed by atoms with Crippen LogP contribution in [0.2, 0.25) is 0 Å². The summed E-state index contributed by atoms with van der Waals surface area (Å²) in [7, 11) is 1.38. The first kappa shape index (κ1) is 16.5. The van der Waals surface area contributed by atoms with Crippen LogP contribution in [0.3, 0.4) is 0 Å². The molecule has 1 rings (SSSR count). The molecule has 0 amide bonds. The van der Waals surface area contributed by atoms with Gasteiger partial charge in [0.05, 0.1) is 7.11 Å². The van der Waals surface area contributed by atoms with Crippen molar-refractivity contribution in [1.82, 2.24) is 0 Å². The van der Waals surface area contributed by atoms with Crippen molar-refractivity contribution in [1.29, 1.82) is 0 Å². The molecule has 1 aliphatic rings. The molecule has 0 unspecified atom stereocenters. The molecule has 0 atom stereocenters. The van der Waals surface area contributed by atoms with Crippen molar-refractivity contribution in [3.63, 3.8) is 0 Å². The van der Waals surface area contributed by atoms with E-state index in [0.717, 1.165) is 5.57 Å². The van der Waals surface area contributed by atoms with Crippen LogP contribution in [-0.2, 0) is 9.53 Å². The average Bonchev–Trinajstić information content (AvgIpc) is 2.37. The molecule has 0 aromatic rings. The molecule has 0 spiro atoms. The minimum absolute atomic E-state index is 0.265. The third-order valence-electron chi connectivity index (χ3n) is 3.85. The molecule has 110 valence electrons. The molecule has 0 radical (unpaired) electrons. The Hall–Kier alpha value is -1.57. The molecule has 0 heterocycles. The average molecular weight is 274 g/mol. The second-order valence-corrected chi connectivity index (χ2v) is 6.06. The predicted molar refractivity (Wildman–Crippen MR) is 84.4 cm³/mol. The number of carbonyl (C=O) groups is 1. The van der Waals surface area contributed by atoms with Crippen LogP contribution < -0.4 is 0 Å². The molecule has 0 saturated carbocycles. The Morgan fingerprint density at radius 3 is 2.60 bits per heavy atom. The molecule has 1 aliphatic carbocycles. The van der Waals surface area contributed by atoms with Crippen LogP contribution in [0.15, 0.2) is 47.1 Å². The highest BCUT2D eigenvalue weighted by Gasteiger charge is 2.26. The van der Waals surface area contributed by atoms with Crippen LogP contribution in [0, 0.1) is 5.41 Å². The van der Waals surface area contributed by atoms with Gasteiger partial charge in [-0.1, -0.05) is 49.3 Å². The van der Waals surface area contributed by atoms with Crippen LogP contribution in [0.4, 0.5) is 0 Å². The van der Waals surface area contributed by atoms with Gasteiger partial charge in [-0.05, 0) is 44.1 Å². The van der Waals surface area contributed by atoms with Crippen molar-refractivity contribution < 1.29 is 9.53 Å². The highest BCUT2D eigenvalue weighted by atomic mass is 16.5. The summed E-state index contributed by atoms with van der Waals surface area (Å²) >= 11 is 0. The number of esters is 1. The van der Waals surface area contributed by atoms with Crippen molar-refractivity contribution >= 4 is 5.97 Å². The van der Waals surface area contributed by atoms with Gasteiger partial charge < -0.3 is 4.74 Å². The minimum Gasteiger partial charge on any atom is -0.466 e. The first-order chi connectivity index (χ1) is 9.36. The molecule has 0 saturated heterocycles. The predicted octanol–water partition coefficient (Wildman–Crippen LogP) is 4.74. The second kappa shape index (κ2) is 7.28. The van der Waals surface area contributed by atoms with E-state index in [1.54, 1.807) is 6.08 Å². The summed E-state index contributed by atoms with van der Waals surface area (Å²) in [6.07, 6.45) is 13.1. The molecule has 2 heteroatoms. The van der Waals surface area contributed by atoms with Crippen LogP contribution in [0.1, 0.15) is 47.0 Å². The Labute approximate surface area is 122 Å². The lowest BCUT2D eigenvalue weighted by atomic mass is 9.72. The summed E-state index contributed by atoms with van der Waals surface area (Å²) in [6.45, 7) is 8.89. The van der Waals surface area contributed by atoms with Crippen molar-refractivity contribution in [2.75, 3.05) is 7.11 Å². The smallest absolute Gasteiger partial charge is 0.330 e. The lowest BCUT2D eigenvalue weighted by molar-refractivity contribution is -0.134. The maximum Gasteiger partial charge on any atom is 0.330 e. The second-order valence-electron chi connectivity index (χ2n) is 6.06. The Morgan fingerprint density at radius 1 is 1.30 bits per heavy atom. The standard InChI is InChI=1S/C18H26O2/c1-14(8-6-10-17(19)20-5)11-12-16-15(2)9-7-13-18(16,3)4/h6,8,10-12H,7,9,13H2,1-5H3/b10-6+,12-11+,14-8-. The summed E-state index contributed by atoms with van der Waals surface area (Å²) in [5.41, 5.74) is 4.33. The zero-order valence-electron chi connectivity index (χ0n) is 13.3. The molecule has 0 fully saturated rings. The van der Waals surface area contributed by atoms with E-state index in [1.165, 1.54) is 43.6 Å². The molecule has 0 N–H and O–H groups in total. The Balaban J connectivity index is 2.78. The van der Waals surface area contributed by atoms with Gasteiger partial charge in [0.15, 0.2) is 0 Å². The Bertz CT molecular complexity index is 474. The number of methoxy groups -OCH3 is 1.